The molecule has 1 heterocycles. The molecular formula is C23H27N5O4S. The number of non-ortho nitro benzene ring substituents is 1. The van der Waals surface area contributed by atoms with E-state index in [0.717, 1.165) is 12.2 Å². The summed E-state index contributed by atoms with van der Waals surface area (Å²) >= 11 is 1.29. The van der Waals surface area contributed by atoms with Gasteiger partial charge < -0.3 is 14.6 Å². The summed E-state index contributed by atoms with van der Waals surface area (Å²) in [6.45, 7) is 7.29. The van der Waals surface area contributed by atoms with Crippen LogP contribution in [0.4, 0.5) is 11.4 Å². The van der Waals surface area contributed by atoms with Gasteiger partial charge >= 0.3 is 0 Å². The Balaban J connectivity index is 1.61. The fourth-order valence-electron chi connectivity index (χ4n) is 3.04. The Morgan fingerprint density at radius 2 is 1.85 bits per heavy atom. The highest BCUT2D eigenvalue weighted by molar-refractivity contribution is 7.99. The molecule has 0 radical (unpaired) electrons. The molecule has 33 heavy (non-hydrogen) atoms. The molecule has 0 aliphatic carbocycles. The lowest BCUT2D eigenvalue weighted by atomic mass is 10.2. The minimum Gasteiger partial charge on any atom is -0.486 e. The molecule has 10 heteroatoms. The molecule has 0 atom stereocenters. The minimum absolute atomic E-state index is 0.0276. The van der Waals surface area contributed by atoms with Crippen molar-refractivity contribution in [2.45, 2.75) is 45.5 Å². The van der Waals surface area contributed by atoms with Gasteiger partial charge in [-0.25, -0.2) is 0 Å². The van der Waals surface area contributed by atoms with Crippen molar-refractivity contribution in [2.75, 3.05) is 11.1 Å². The summed E-state index contributed by atoms with van der Waals surface area (Å²) in [6.07, 6.45) is 0.974. The summed E-state index contributed by atoms with van der Waals surface area (Å²) in [7, 11) is 0. The zero-order valence-electron chi connectivity index (χ0n) is 18.9. The third-order valence-corrected chi connectivity index (χ3v) is 5.70. The van der Waals surface area contributed by atoms with Gasteiger partial charge in [0.05, 0.1) is 10.7 Å². The number of carbonyl (C=O) groups excluding carboxylic acids is 1. The number of hydrogen-bond acceptors (Lipinski definition) is 7. The first kappa shape index (κ1) is 24.2. The van der Waals surface area contributed by atoms with Gasteiger partial charge in [0.2, 0.25) is 5.91 Å². The van der Waals surface area contributed by atoms with Crippen LogP contribution < -0.4 is 10.1 Å². The molecule has 0 spiro atoms. The molecule has 0 aliphatic heterocycles. The predicted molar refractivity (Wildman–Crippen MR) is 127 cm³/mol. The third-order valence-electron chi connectivity index (χ3n) is 4.73. The summed E-state index contributed by atoms with van der Waals surface area (Å²) in [4.78, 5) is 22.6. The standard InChI is InChI=1S/C23H27N5O4S/c1-4-17-5-11-20(12-6-17)32-14-21-25-26-23(27(21)13-16(2)3)33-15-22(29)24-18-7-9-19(10-8-18)28(30)31/h5-12,16H,4,13-15H2,1-3H3,(H,24,29). The highest BCUT2D eigenvalue weighted by Gasteiger charge is 2.16. The highest BCUT2D eigenvalue weighted by Crippen LogP contribution is 2.21. The Morgan fingerprint density at radius 1 is 1.15 bits per heavy atom. The molecule has 0 saturated heterocycles. The second-order valence-electron chi connectivity index (χ2n) is 7.83. The van der Waals surface area contributed by atoms with Gasteiger partial charge in [0, 0.05) is 24.4 Å². The largest absolute Gasteiger partial charge is 0.486 e. The van der Waals surface area contributed by atoms with Crippen molar-refractivity contribution >= 4 is 29.0 Å². The van der Waals surface area contributed by atoms with Crippen molar-refractivity contribution in [1.29, 1.82) is 0 Å². The fourth-order valence-corrected chi connectivity index (χ4v) is 3.81. The molecule has 1 amide bonds. The van der Waals surface area contributed by atoms with E-state index in [1.807, 2.05) is 28.8 Å². The van der Waals surface area contributed by atoms with E-state index in [0.29, 0.717) is 29.1 Å². The Kier molecular flexibility index (Phi) is 8.42. The zero-order valence-corrected chi connectivity index (χ0v) is 19.7. The molecule has 0 aliphatic rings. The highest BCUT2D eigenvalue weighted by atomic mass is 32.2. The third kappa shape index (κ3) is 7.04. The number of nitro groups is 1. The molecule has 0 bridgehead atoms. The van der Waals surface area contributed by atoms with Gasteiger partial charge in [-0.15, -0.1) is 10.2 Å². The van der Waals surface area contributed by atoms with Crippen LogP contribution in [0.2, 0.25) is 0 Å². The molecule has 9 nitrogen and oxygen atoms in total. The van der Waals surface area contributed by atoms with Crippen LogP contribution in [-0.2, 0) is 24.4 Å². The number of rotatable bonds is 11. The second kappa shape index (κ2) is 11.5. The predicted octanol–water partition coefficient (Wildman–Crippen LogP) is 4.71. The number of carbonyl (C=O) groups is 1. The first-order valence-electron chi connectivity index (χ1n) is 10.7. The quantitative estimate of drug-likeness (QED) is 0.246. The van der Waals surface area contributed by atoms with Gasteiger partial charge in [-0.3, -0.25) is 14.9 Å². The summed E-state index contributed by atoms with van der Waals surface area (Å²) in [5.41, 5.74) is 1.72. The molecule has 0 fully saturated rings. The number of hydrogen-bond donors (Lipinski definition) is 1. The zero-order chi connectivity index (χ0) is 23.8. The lowest BCUT2D eigenvalue weighted by Gasteiger charge is -2.13. The van der Waals surface area contributed by atoms with Crippen LogP contribution in [0.5, 0.6) is 5.75 Å². The molecule has 2 aromatic carbocycles. The number of thioether (sulfide) groups is 1. The summed E-state index contributed by atoms with van der Waals surface area (Å²) in [6, 6.07) is 13.7. The average molecular weight is 470 g/mol. The second-order valence-corrected chi connectivity index (χ2v) is 8.77. The van der Waals surface area contributed by atoms with Crippen LogP contribution >= 0.6 is 11.8 Å². The van der Waals surface area contributed by atoms with Crippen molar-refractivity contribution in [1.82, 2.24) is 14.8 Å². The summed E-state index contributed by atoms with van der Waals surface area (Å²) in [5.74, 6) is 1.72. The van der Waals surface area contributed by atoms with Crippen molar-refractivity contribution in [3.05, 3.63) is 70.0 Å². The Morgan fingerprint density at radius 3 is 2.45 bits per heavy atom. The molecule has 0 unspecified atom stereocenters. The minimum atomic E-state index is -0.482. The molecule has 174 valence electrons. The van der Waals surface area contributed by atoms with Crippen LogP contribution in [0.15, 0.2) is 53.7 Å². The van der Waals surface area contributed by atoms with E-state index < -0.39 is 4.92 Å². The average Bonchev–Trinajstić information content (AvgIpc) is 3.17. The van der Waals surface area contributed by atoms with Crippen molar-refractivity contribution < 1.29 is 14.5 Å². The number of nitro benzene ring substituents is 1. The number of amides is 1. The van der Waals surface area contributed by atoms with Gasteiger partial charge in [0.1, 0.15) is 12.4 Å². The van der Waals surface area contributed by atoms with Gasteiger partial charge in [0.25, 0.3) is 5.69 Å². The number of nitrogens with zero attached hydrogens (tertiary/aromatic N) is 4. The molecule has 3 aromatic rings. The maximum Gasteiger partial charge on any atom is 0.269 e. The van der Waals surface area contributed by atoms with Gasteiger partial charge in [0.15, 0.2) is 11.0 Å². The number of aromatic nitrogens is 3. The topological polar surface area (TPSA) is 112 Å². The SMILES string of the molecule is CCc1ccc(OCc2nnc(SCC(=O)Nc3ccc([N+](=O)[O-])cc3)n2CC(C)C)cc1. The van der Waals surface area contributed by atoms with E-state index >= 15 is 0 Å². The van der Waals surface area contributed by atoms with Crippen LogP contribution in [0.1, 0.15) is 32.2 Å². The molecule has 3 rings (SSSR count). The van der Waals surface area contributed by atoms with Crippen molar-refractivity contribution in [3.8, 4) is 5.75 Å². The van der Waals surface area contributed by atoms with Crippen LogP contribution in [-0.4, -0.2) is 31.3 Å². The van der Waals surface area contributed by atoms with E-state index in [2.05, 4.69) is 36.3 Å². The van der Waals surface area contributed by atoms with Crippen molar-refractivity contribution in [3.63, 3.8) is 0 Å². The Hall–Kier alpha value is -3.40. The molecular weight excluding hydrogens is 442 g/mol. The van der Waals surface area contributed by atoms with Gasteiger partial charge in [-0.1, -0.05) is 44.7 Å². The smallest absolute Gasteiger partial charge is 0.269 e. The van der Waals surface area contributed by atoms with Gasteiger partial charge in [-0.05, 0) is 42.2 Å². The van der Waals surface area contributed by atoms with E-state index in [-0.39, 0.29) is 24.0 Å². The lowest BCUT2D eigenvalue weighted by molar-refractivity contribution is -0.384. The van der Waals surface area contributed by atoms with Crippen molar-refractivity contribution in [2.24, 2.45) is 5.92 Å². The maximum absolute atomic E-state index is 12.4. The Labute approximate surface area is 196 Å². The number of aryl methyl sites for hydroxylation is 1. The number of nitrogens with one attached hydrogen (secondary N) is 1. The normalized spacial score (nSPS) is 10.9. The summed E-state index contributed by atoms with van der Waals surface area (Å²) in [5, 5.41) is 22.7. The Bertz CT molecular complexity index is 1080. The molecule has 1 aromatic heterocycles. The van der Waals surface area contributed by atoms with Crippen LogP contribution in [0, 0.1) is 16.0 Å². The van der Waals surface area contributed by atoms with E-state index in [4.69, 9.17) is 4.74 Å². The van der Waals surface area contributed by atoms with Crippen LogP contribution in [0.3, 0.4) is 0 Å². The maximum atomic E-state index is 12.4. The monoisotopic (exact) mass is 469 g/mol. The number of benzene rings is 2. The summed E-state index contributed by atoms with van der Waals surface area (Å²) < 4.78 is 7.88. The molecule has 0 saturated carbocycles. The van der Waals surface area contributed by atoms with E-state index in [1.165, 1.54) is 41.6 Å². The number of anilines is 1. The fraction of sp³-hybridized carbons (Fsp3) is 0.348. The van der Waals surface area contributed by atoms with E-state index in [1.54, 1.807) is 0 Å². The lowest BCUT2D eigenvalue weighted by Crippen LogP contribution is -2.16. The number of ether oxygens (including phenoxy) is 1. The van der Waals surface area contributed by atoms with Crippen LogP contribution in [0.25, 0.3) is 0 Å². The molecule has 1 N–H and O–H groups in total. The van der Waals surface area contributed by atoms with E-state index in [9.17, 15) is 14.9 Å². The van der Waals surface area contributed by atoms with Gasteiger partial charge in [-0.2, -0.15) is 0 Å². The first-order chi connectivity index (χ1) is 15.9. The first-order valence-corrected chi connectivity index (χ1v) is 11.6.